The molecule has 1 rings (SSSR count). The van der Waals surface area contributed by atoms with Gasteiger partial charge in [-0.25, -0.2) is 11.7 Å². The first kappa shape index (κ1) is 9.23. The van der Waals surface area contributed by atoms with Crippen LogP contribution < -0.4 is 22.5 Å². The zero-order valence-corrected chi connectivity index (χ0v) is 6.53. The second-order valence-corrected chi connectivity index (χ2v) is 2.11. The summed E-state index contributed by atoms with van der Waals surface area (Å²) in [7, 11) is 0. The summed E-state index contributed by atoms with van der Waals surface area (Å²) in [6.45, 7) is 0. The highest BCUT2D eigenvalue weighted by atomic mass is 16.4. The first-order chi connectivity index (χ1) is 6.19. The lowest BCUT2D eigenvalue weighted by atomic mass is 10.4. The molecule has 0 radical (unpaired) electrons. The van der Waals surface area contributed by atoms with Gasteiger partial charge in [0.15, 0.2) is 11.5 Å². The number of nitrogens with two attached hydrogens (primary N) is 2. The van der Waals surface area contributed by atoms with Crippen LogP contribution in [-0.4, -0.2) is 11.8 Å². The molecule has 7 nitrogen and oxygen atoms in total. The summed E-state index contributed by atoms with van der Waals surface area (Å²) in [5.74, 6) is 8.34. The molecule has 70 valence electrons. The Morgan fingerprint density at radius 3 is 1.77 bits per heavy atom. The summed E-state index contributed by atoms with van der Waals surface area (Å²) >= 11 is 0. The quantitative estimate of drug-likeness (QED) is 0.252. The van der Waals surface area contributed by atoms with Gasteiger partial charge < -0.3 is 4.42 Å². The Kier molecular flexibility index (Phi) is 2.62. The molecule has 0 bridgehead atoms. The van der Waals surface area contributed by atoms with Crippen LogP contribution in [0.25, 0.3) is 0 Å². The number of hydrogen-bond acceptors (Lipinski definition) is 5. The van der Waals surface area contributed by atoms with Gasteiger partial charge >= 0.3 is 11.8 Å². The molecule has 0 spiro atoms. The van der Waals surface area contributed by atoms with E-state index in [1.807, 2.05) is 10.9 Å². The van der Waals surface area contributed by atoms with Crippen molar-refractivity contribution >= 4 is 11.8 Å². The molecule has 0 unspecified atom stereocenters. The Hall–Kier alpha value is -1.86. The summed E-state index contributed by atoms with van der Waals surface area (Å²) < 4.78 is 4.80. The van der Waals surface area contributed by atoms with Crippen LogP contribution in [-0.2, 0) is 0 Å². The maximum absolute atomic E-state index is 10.8. The van der Waals surface area contributed by atoms with E-state index in [-0.39, 0.29) is 11.5 Å². The van der Waals surface area contributed by atoms with E-state index in [4.69, 9.17) is 16.1 Å². The van der Waals surface area contributed by atoms with E-state index in [2.05, 4.69) is 0 Å². The van der Waals surface area contributed by atoms with Crippen molar-refractivity contribution in [3.8, 4) is 0 Å². The average Bonchev–Trinajstić information content (AvgIpc) is 2.64. The van der Waals surface area contributed by atoms with E-state index in [0.29, 0.717) is 0 Å². The van der Waals surface area contributed by atoms with Crippen LogP contribution >= 0.6 is 0 Å². The third kappa shape index (κ3) is 1.83. The fourth-order valence-electron chi connectivity index (χ4n) is 0.724. The van der Waals surface area contributed by atoms with Crippen molar-refractivity contribution in [2.45, 2.75) is 0 Å². The molecule has 1 aromatic rings. The second-order valence-electron chi connectivity index (χ2n) is 2.11. The van der Waals surface area contributed by atoms with Gasteiger partial charge in [-0.05, 0) is 12.1 Å². The van der Waals surface area contributed by atoms with E-state index in [9.17, 15) is 9.59 Å². The van der Waals surface area contributed by atoms with Gasteiger partial charge in [0.2, 0.25) is 0 Å². The Bertz CT molecular complexity index is 302. The van der Waals surface area contributed by atoms with E-state index in [1.165, 1.54) is 12.1 Å². The van der Waals surface area contributed by atoms with Gasteiger partial charge in [-0.1, -0.05) is 0 Å². The predicted octanol–water partition coefficient (Wildman–Crippen LogP) is -1.51. The largest absolute Gasteiger partial charge is 0.446 e. The molecule has 0 saturated carbocycles. The van der Waals surface area contributed by atoms with Gasteiger partial charge in [0.1, 0.15) is 0 Å². The smallest absolute Gasteiger partial charge is 0.300 e. The van der Waals surface area contributed by atoms with Crippen molar-refractivity contribution in [2.75, 3.05) is 0 Å². The maximum atomic E-state index is 10.8. The van der Waals surface area contributed by atoms with Gasteiger partial charge in [-0.2, -0.15) is 0 Å². The van der Waals surface area contributed by atoms with E-state index in [0.717, 1.165) is 0 Å². The third-order valence-electron chi connectivity index (χ3n) is 1.32. The Morgan fingerprint density at radius 1 is 1.08 bits per heavy atom. The molecular formula is C6H8N4O3. The molecule has 6 N–H and O–H groups in total. The van der Waals surface area contributed by atoms with Gasteiger partial charge in [0.05, 0.1) is 0 Å². The highest BCUT2D eigenvalue weighted by Gasteiger charge is 2.13. The van der Waals surface area contributed by atoms with Crippen LogP contribution in [0.2, 0.25) is 0 Å². The molecule has 0 aliphatic carbocycles. The van der Waals surface area contributed by atoms with Crippen molar-refractivity contribution < 1.29 is 14.0 Å². The van der Waals surface area contributed by atoms with Gasteiger partial charge in [0, 0.05) is 0 Å². The third-order valence-corrected chi connectivity index (χ3v) is 1.32. The first-order valence-corrected chi connectivity index (χ1v) is 3.30. The number of nitrogen functional groups attached to an aromatic ring is 2. The zero-order valence-electron chi connectivity index (χ0n) is 6.53. The lowest BCUT2D eigenvalue weighted by Gasteiger charge is -1.94. The molecule has 1 aromatic heterocycles. The highest BCUT2D eigenvalue weighted by molar-refractivity contribution is 5.95. The molecule has 2 amide bonds. The molecule has 7 heteroatoms. The lowest BCUT2D eigenvalue weighted by Crippen LogP contribution is -2.30. The molecule has 13 heavy (non-hydrogen) atoms. The highest BCUT2D eigenvalue weighted by Crippen LogP contribution is 2.06. The first-order valence-electron chi connectivity index (χ1n) is 3.30. The Morgan fingerprint density at radius 2 is 1.46 bits per heavy atom. The second kappa shape index (κ2) is 3.70. The SMILES string of the molecule is NNC(=O)c1ccc(C(=O)NN)o1. The van der Waals surface area contributed by atoms with Crippen molar-refractivity contribution in [1.29, 1.82) is 0 Å². The van der Waals surface area contributed by atoms with Crippen LogP contribution in [0.1, 0.15) is 21.1 Å². The molecule has 0 saturated heterocycles. The number of carbonyl (C=O) groups is 2. The molecule has 0 aromatic carbocycles. The lowest BCUT2D eigenvalue weighted by molar-refractivity contribution is 0.0901. The molecule has 0 aliphatic heterocycles. The summed E-state index contributed by atoms with van der Waals surface area (Å²) in [5, 5.41) is 0. The van der Waals surface area contributed by atoms with Crippen LogP contribution in [0.15, 0.2) is 16.5 Å². The van der Waals surface area contributed by atoms with E-state index >= 15 is 0 Å². The van der Waals surface area contributed by atoms with E-state index < -0.39 is 11.8 Å². The zero-order chi connectivity index (χ0) is 9.84. The number of carbonyl (C=O) groups excluding carboxylic acids is 2. The van der Waals surface area contributed by atoms with Gasteiger partial charge in [-0.3, -0.25) is 20.4 Å². The standard InChI is InChI=1S/C6H8N4O3/c7-9-5(11)3-1-2-4(13-3)6(12)10-8/h1-2H,7-8H2,(H,9,11)(H,10,12). The van der Waals surface area contributed by atoms with Crippen LogP contribution in [0, 0.1) is 0 Å². The van der Waals surface area contributed by atoms with Crippen molar-refractivity contribution in [3.05, 3.63) is 23.7 Å². The number of hydrogen-bond donors (Lipinski definition) is 4. The molecular weight excluding hydrogens is 176 g/mol. The fourth-order valence-corrected chi connectivity index (χ4v) is 0.724. The minimum atomic E-state index is -0.615. The average molecular weight is 184 g/mol. The van der Waals surface area contributed by atoms with Crippen molar-refractivity contribution in [2.24, 2.45) is 11.7 Å². The Labute approximate surface area is 73.0 Å². The number of amides is 2. The van der Waals surface area contributed by atoms with Gasteiger partial charge in [0.25, 0.3) is 0 Å². The normalized spacial score (nSPS) is 9.38. The minimum absolute atomic E-state index is 0.0545. The summed E-state index contributed by atoms with van der Waals surface area (Å²) in [6.07, 6.45) is 0. The maximum Gasteiger partial charge on any atom is 0.300 e. The van der Waals surface area contributed by atoms with E-state index in [1.54, 1.807) is 0 Å². The van der Waals surface area contributed by atoms with Crippen LogP contribution in [0.5, 0.6) is 0 Å². The molecule has 1 heterocycles. The molecule has 0 atom stereocenters. The number of furan rings is 1. The number of hydrazine groups is 2. The Balaban J connectivity index is 2.86. The summed E-state index contributed by atoms with van der Waals surface area (Å²) in [5.41, 5.74) is 3.71. The molecule has 0 aliphatic rings. The monoisotopic (exact) mass is 184 g/mol. The van der Waals surface area contributed by atoms with Crippen molar-refractivity contribution in [3.63, 3.8) is 0 Å². The predicted molar refractivity (Wildman–Crippen MR) is 42.0 cm³/mol. The number of nitrogens with one attached hydrogen (secondary N) is 2. The minimum Gasteiger partial charge on any atom is -0.446 e. The van der Waals surface area contributed by atoms with Crippen molar-refractivity contribution in [1.82, 2.24) is 10.9 Å². The molecule has 0 fully saturated rings. The topological polar surface area (TPSA) is 123 Å². The summed E-state index contributed by atoms with van der Waals surface area (Å²) in [4.78, 5) is 21.7. The van der Waals surface area contributed by atoms with Gasteiger partial charge in [-0.15, -0.1) is 0 Å². The van der Waals surface area contributed by atoms with Crippen LogP contribution in [0.3, 0.4) is 0 Å². The fraction of sp³-hybridized carbons (Fsp3) is 0. The van der Waals surface area contributed by atoms with Crippen LogP contribution in [0.4, 0.5) is 0 Å². The number of rotatable bonds is 2. The summed E-state index contributed by atoms with van der Waals surface area (Å²) in [6, 6.07) is 2.62.